The second-order valence-electron chi connectivity index (χ2n) is 4.05. The minimum atomic E-state index is 0.752. The molecule has 0 spiro atoms. The molecule has 0 aliphatic rings. The monoisotopic (exact) mass is 227 g/mol. The average Bonchev–Trinajstić information content (AvgIpc) is 2.68. The van der Waals surface area contributed by atoms with Crippen molar-refractivity contribution in [2.75, 3.05) is 18.8 Å². The molecule has 0 bridgehead atoms. The maximum atomic E-state index is 4.17. The van der Waals surface area contributed by atoms with Gasteiger partial charge < -0.3 is 10.3 Å². The summed E-state index contributed by atoms with van der Waals surface area (Å²) in [5.41, 5.74) is 0. The fourth-order valence-electron chi connectivity index (χ4n) is 1.24. The minimum absolute atomic E-state index is 0.752. The summed E-state index contributed by atoms with van der Waals surface area (Å²) in [7, 11) is 0. The van der Waals surface area contributed by atoms with Gasteiger partial charge >= 0.3 is 0 Å². The molecule has 1 aromatic heterocycles. The lowest BCUT2D eigenvalue weighted by atomic mass is 10.2. The molecule has 0 fully saturated rings. The fraction of sp³-hybridized carbons (Fsp3) is 0.727. The van der Waals surface area contributed by atoms with Crippen molar-refractivity contribution < 1.29 is 0 Å². The third-order valence-electron chi connectivity index (χ3n) is 2.01. The van der Waals surface area contributed by atoms with Crippen molar-refractivity contribution in [3.63, 3.8) is 0 Å². The smallest absolute Gasteiger partial charge is 0.165 e. The summed E-state index contributed by atoms with van der Waals surface area (Å²) in [5.74, 6) is 1.90. The summed E-state index contributed by atoms with van der Waals surface area (Å²) in [5, 5.41) is 4.48. The first kappa shape index (κ1) is 12.6. The van der Waals surface area contributed by atoms with Gasteiger partial charge in [-0.25, -0.2) is 4.98 Å². The summed E-state index contributed by atoms with van der Waals surface area (Å²) in [4.78, 5) is 7.26. The predicted octanol–water partition coefficient (Wildman–Crippen LogP) is 2.53. The molecule has 0 unspecified atom stereocenters. The molecule has 3 nitrogen and oxygen atoms in total. The maximum absolute atomic E-state index is 4.17. The second-order valence-corrected chi connectivity index (χ2v) is 5.13. The number of hydrogen-bond donors (Lipinski definition) is 2. The number of thioether (sulfide) groups is 1. The van der Waals surface area contributed by atoms with Crippen molar-refractivity contribution in [1.82, 2.24) is 15.3 Å². The molecule has 4 heteroatoms. The largest absolute Gasteiger partial charge is 0.340 e. The Morgan fingerprint density at radius 2 is 2.33 bits per heavy atom. The van der Waals surface area contributed by atoms with Crippen molar-refractivity contribution in [3.05, 3.63) is 12.4 Å². The van der Waals surface area contributed by atoms with Crippen molar-refractivity contribution in [2.45, 2.75) is 31.8 Å². The Morgan fingerprint density at radius 1 is 1.47 bits per heavy atom. The normalized spacial score (nSPS) is 11.1. The van der Waals surface area contributed by atoms with Crippen molar-refractivity contribution in [1.29, 1.82) is 0 Å². The summed E-state index contributed by atoms with van der Waals surface area (Å²) in [6, 6.07) is 0. The molecule has 0 atom stereocenters. The van der Waals surface area contributed by atoms with E-state index in [1.54, 1.807) is 18.0 Å². The van der Waals surface area contributed by atoms with Gasteiger partial charge in [0.05, 0.1) is 0 Å². The summed E-state index contributed by atoms with van der Waals surface area (Å²) < 4.78 is 0. The van der Waals surface area contributed by atoms with E-state index in [-0.39, 0.29) is 0 Å². The molecule has 0 aliphatic heterocycles. The number of nitrogens with one attached hydrogen (secondary N) is 2. The van der Waals surface area contributed by atoms with Crippen LogP contribution in [0.4, 0.5) is 0 Å². The van der Waals surface area contributed by atoms with Gasteiger partial charge in [0, 0.05) is 18.1 Å². The van der Waals surface area contributed by atoms with E-state index in [1.807, 2.05) is 6.20 Å². The number of H-pyrrole nitrogens is 1. The van der Waals surface area contributed by atoms with Gasteiger partial charge in [0.15, 0.2) is 5.16 Å². The first-order chi connectivity index (χ1) is 7.29. The predicted molar refractivity (Wildman–Crippen MR) is 66.3 cm³/mol. The van der Waals surface area contributed by atoms with Crippen LogP contribution in [-0.2, 0) is 0 Å². The Labute approximate surface area is 96.5 Å². The zero-order valence-corrected chi connectivity index (χ0v) is 10.4. The van der Waals surface area contributed by atoms with Crippen LogP contribution >= 0.6 is 11.8 Å². The summed E-state index contributed by atoms with van der Waals surface area (Å²) >= 11 is 1.80. The fourth-order valence-corrected chi connectivity index (χ4v) is 2.07. The van der Waals surface area contributed by atoms with Crippen LogP contribution in [0.1, 0.15) is 26.7 Å². The third kappa shape index (κ3) is 6.57. The van der Waals surface area contributed by atoms with Crippen LogP contribution in [0.2, 0.25) is 0 Å². The van der Waals surface area contributed by atoms with Crippen LogP contribution in [0.25, 0.3) is 0 Å². The molecule has 15 heavy (non-hydrogen) atoms. The van der Waals surface area contributed by atoms with E-state index < -0.39 is 0 Å². The lowest BCUT2D eigenvalue weighted by molar-refractivity contribution is 0.541. The van der Waals surface area contributed by atoms with Gasteiger partial charge in [-0.15, -0.1) is 0 Å². The Bertz CT molecular complexity index is 234. The molecule has 0 amide bonds. The molecular weight excluding hydrogens is 206 g/mol. The zero-order valence-electron chi connectivity index (χ0n) is 9.62. The van der Waals surface area contributed by atoms with Crippen LogP contribution in [0, 0.1) is 5.92 Å². The summed E-state index contributed by atoms with van der Waals surface area (Å²) in [6.45, 7) is 6.74. The number of aromatic amines is 1. The molecule has 0 aromatic carbocycles. The highest BCUT2D eigenvalue weighted by molar-refractivity contribution is 7.99. The second kappa shape index (κ2) is 7.77. The van der Waals surface area contributed by atoms with E-state index in [9.17, 15) is 0 Å². The van der Waals surface area contributed by atoms with Crippen molar-refractivity contribution in [3.8, 4) is 0 Å². The number of imidazole rings is 1. The van der Waals surface area contributed by atoms with Crippen LogP contribution < -0.4 is 5.32 Å². The van der Waals surface area contributed by atoms with Gasteiger partial charge in [0.1, 0.15) is 0 Å². The molecule has 2 N–H and O–H groups in total. The zero-order chi connectivity index (χ0) is 10.9. The maximum Gasteiger partial charge on any atom is 0.165 e. The number of hydrogen-bond acceptors (Lipinski definition) is 3. The quantitative estimate of drug-likeness (QED) is 0.529. The molecular formula is C11H21N3S. The molecule has 0 saturated carbocycles. The third-order valence-corrected chi connectivity index (χ3v) is 3.00. The Hall–Kier alpha value is -0.480. The highest BCUT2D eigenvalue weighted by Crippen LogP contribution is 2.13. The SMILES string of the molecule is CC(C)CNCCCCSc1ncc[nH]1. The number of nitrogens with zero attached hydrogens (tertiary/aromatic N) is 1. The number of aromatic nitrogens is 2. The summed E-state index contributed by atoms with van der Waals surface area (Å²) in [6.07, 6.45) is 6.16. The van der Waals surface area contributed by atoms with Crippen molar-refractivity contribution in [2.24, 2.45) is 5.92 Å². The van der Waals surface area contributed by atoms with Gasteiger partial charge in [-0.1, -0.05) is 25.6 Å². The lowest BCUT2D eigenvalue weighted by Crippen LogP contribution is -2.20. The van der Waals surface area contributed by atoms with Crippen LogP contribution in [0.5, 0.6) is 0 Å². The number of rotatable bonds is 8. The lowest BCUT2D eigenvalue weighted by Gasteiger charge is -2.06. The first-order valence-corrected chi connectivity index (χ1v) is 6.60. The highest BCUT2D eigenvalue weighted by Gasteiger charge is 1.96. The first-order valence-electron chi connectivity index (χ1n) is 5.62. The minimum Gasteiger partial charge on any atom is -0.340 e. The van der Waals surface area contributed by atoms with E-state index in [0.717, 1.165) is 29.9 Å². The standard InChI is InChI=1S/C11H21N3S/c1-10(2)9-12-5-3-4-8-15-11-13-6-7-14-11/h6-7,10,12H,3-5,8-9H2,1-2H3,(H,13,14). The van der Waals surface area contributed by atoms with Crippen molar-refractivity contribution >= 4 is 11.8 Å². The van der Waals surface area contributed by atoms with E-state index in [4.69, 9.17) is 0 Å². The molecule has 1 aromatic rings. The highest BCUT2D eigenvalue weighted by atomic mass is 32.2. The number of unbranched alkanes of at least 4 members (excludes halogenated alkanes) is 1. The van der Waals surface area contributed by atoms with Gasteiger partial charge in [-0.3, -0.25) is 0 Å². The van der Waals surface area contributed by atoms with Gasteiger partial charge in [0.25, 0.3) is 0 Å². The molecule has 0 radical (unpaired) electrons. The van der Waals surface area contributed by atoms with Crippen LogP contribution in [0.3, 0.4) is 0 Å². The van der Waals surface area contributed by atoms with Crippen LogP contribution in [-0.4, -0.2) is 28.8 Å². The average molecular weight is 227 g/mol. The topological polar surface area (TPSA) is 40.7 Å². The Balaban J connectivity index is 1.85. The van der Waals surface area contributed by atoms with Gasteiger partial charge in [-0.05, 0) is 31.8 Å². The van der Waals surface area contributed by atoms with Gasteiger partial charge in [0.2, 0.25) is 0 Å². The van der Waals surface area contributed by atoms with E-state index >= 15 is 0 Å². The van der Waals surface area contributed by atoms with E-state index in [1.165, 1.54) is 12.8 Å². The molecule has 86 valence electrons. The van der Waals surface area contributed by atoms with Crippen LogP contribution in [0.15, 0.2) is 17.6 Å². The molecule has 1 rings (SSSR count). The van der Waals surface area contributed by atoms with E-state index in [0.29, 0.717) is 0 Å². The molecule has 1 heterocycles. The Morgan fingerprint density at radius 3 is 3.00 bits per heavy atom. The molecule has 0 aliphatic carbocycles. The van der Waals surface area contributed by atoms with E-state index in [2.05, 4.69) is 29.1 Å². The Kier molecular flexibility index (Phi) is 6.52. The van der Waals surface area contributed by atoms with Gasteiger partial charge in [-0.2, -0.15) is 0 Å². The molecule has 0 saturated heterocycles.